The summed E-state index contributed by atoms with van der Waals surface area (Å²) in [7, 11) is 0. The van der Waals surface area contributed by atoms with Crippen molar-refractivity contribution in [3.05, 3.63) is 18.5 Å². The summed E-state index contributed by atoms with van der Waals surface area (Å²) in [6, 6.07) is 2.18. The van der Waals surface area contributed by atoms with Crippen LogP contribution >= 0.6 is 11.3 Å². The summed E-state index contributed by atoms with van der Waals surface area (Å²) in [6.45, 7) is 1.33. The molecule has 0 aliphatic carbocycles. The maximum Gasteiger partial charge on any atom is 0.317 e. The summed E-state index contributed by atoms with van der Waals surface area (Å²) < 4.78 is 10.9. The van der Waals surface area contributed by atoms with Crippen molar-refractivity contribution in [2.24, 2.45) is 0 Å². The number of thiazole rings is 1. The zero-order valence-corrected chi connectivity index (χ0v) is 10.4. The molecule has 2 aromatic rings. The lowest BCUT2D eigenvalue weighted by molar-refractivity contribution is 0.134. The van der Waals surface area contributed by atoms with Crippen molar-refractivity contribution < 1.29 is 9.47 Å². The lowest BCUT2D eigenvalue weighted by atomic mass is 10.3. The van der Waals surface area contributed by atoms with Gasteiger partial charge in [-0.2, -0.15) is 4.98 Å². The highest BCUT2D eigenvalue weighted by molar-refractivity contribution is 7.18. The highest BCUT2D eigenvalue weighted by atomic mass is 32.1. The third-order valence-electron chi connectivity index (χ3n) is 2.57. The summed E-state index contributed by atoms with van der Waals surface area (Å²) in [6.07, 6.45) is 4.29. The van der Waals surface area contributed by atoms with E-state index in [0.29, 0.717) is 17.7 Å². The molecule has 1 atom stereocenters. The van der Waals surface area contributed by atoms with E-state index in [0.717, 1.165) is 23.6 Å². The zero-order chi connectivity index (χ0) is 12.4. The van der Waals surface area contributed by atoms with Crippen LogP contribution in [0.15, 0.2) is 18.5 Å². The largest absolute Gasteiger partial charge is 0.458 e. The van der Waals surface area contributed by atoms with Gasteiger partial charge in [0.1, 0.15) is 6.10 Å². The molecule has 1 fully saturated rings. The summed E-state index contributed by atoms with van der Waals surface area (Å²) in [5, 5.41) is 0.523. The summed E-state index contributed by atoms with van der Waals surface area (Å²) >= 11 is 1.39. The van der Waals surface area contributed by atoms with Crippen molar-refractivity contribution in [3.63, 3.8) is 0 Å². The Hall–Kier alpha value is -1.73. The average Bonchev–Trinajstić information content (AvgIpc) is 3.01. The van der Waals surface area contributed by atoms with Gasteiger partial charge in [-0.25, -0.2) is 9.97 Å². The third kappa shape index (κ3) is 2.41. The number of ether oxygens (including phenoxy) is 2. The molecule has 18 heavy (non-hydrogen) atoms. The smallest absolute Gasteiger partial charge is 0.317 e. The van der Waals surface area contributed by atoms with Crippen LogP contribution in [0, 0.1) is 0 Å². The van der Waals surface area contributed by atoms with E-state index >= 15 is 0 Å². The van der Waals surface area contributed by atoms with Gasteiger partial charge in [-0.1, -0.05) is 11.3 Å². The van der Waals surface area contributed by atoms with Crippen LogP contribution in [0.25, 0.3) is 10.6 Å². The van der Waals surface area contributed by atoms with Gasteiger partial charge in [0.2, 0.25) is 0 Å². The van der Waals surface area contributed by atoms with Crippen molar-refractivity contribution in [1.82, 2.24) is 15.0 Å². The maximum atomic E-state index is 5.65. The fraction of sp³-hybridized carbons (Fsp3) is 0.364. The maximum absolute atomic E-state index is 5.65. The van der Waals surface area contributed by atoms with Gasteiger partial charge >= 0.3 is 6.01 Å². The molecule has 94 valence electrons. The number of anilines is 1. The van der Waals surface area contributed by atoms with Crippen LogP contribution in [-0.2, 0) is 4.74 Å². The predicted molar refractivity (Wildman–Crippen MR) is 67.4 cm³/mol. The molecule has 3 heterocycles. The number of nitrogens with zero attached hydrogens (tertiary/aromatic N) is 3. The summed E-state index contributed by atoms with van der Waals surface area (Å²) in [4.78, 5) is 13.4. The van der Waals surface area contributed by atoms with Crippen LogP contribution in [0.5, 0.6) is 6.01 Å². The second-order valence-electron chi connectivity index (χ2n) is 3.89. The van der Waals surface area contributed by atoms with Gasteiger partial charge in [0, 0.05) is 18.8 Å². The van der Waals surface area contributed by atoms with Crippen LogP contribution in [0.4, 0.5) is 5.13 Å². The minimum absolute atomic E-state index is 0.0479. The average molecular weight is 264 g/mol. The van der Waals surface area contributed by atoms with E-state index in [1.807, 2.05) is 6.07 Å². The second kappa shape index (κ2) is 4.87. The standard InChI is InChI=1S/C11H12N4O2S/c12-10-14-5-9(18-10)8-1-3-13-11(15-8)17-7-2-4-16-6-7/h1,3,5,7H,2,4,6H2,(H2,12,14)/t7-/m1/s1. The monoisotopic (exact) mass is 264 g/mol. The normalized spacial score (nSPS) is 19.0. The minimum atomic E-state index is 0.0479. The molecule has 1 aliphatic heterocycles. The van der Waals surface area contributed by atoms with Crippen LogP contribution in [0.2, 0.25) is 0 Å². The van der Waals surface area contributed by atoms with Gasteiger partial charge in [0.15, 0.2) is 5.13 Å². The molecule has 3 rings (SSSR count). The van der Waals surface area contributed by atoms with Crippen LogP contribution in [0.1, 0.15) is 6.42 Å². The van der Waals surface area contributed by atoms with Gasteiger partial charge < -0.3 is 15.2 Å². The fourth-order valence-electron chi connectivity index (χ4n) is 1.70. The highest BCUT2D eigenvalue weighted by Crippen LogP contribution is 2.26. The fourth-order valence-corrected chi connectivity index (χ4v) is 2.35. The van der Waals surface area contributed by atoms with E-state index in [9.17, 15) is 0 Å². The van der Waals surface area contributed by atoms with E-state index in [4.69, 9.17) is 15.2 Å². The molecule has 0 radical (unpaired) electrons. The molecule has 1 saturated heterocycles. The van der Waals surface area contributed by atoms with Crippen molar-refractivity contribution in [2.45, 2.75) is 12.5 Å². The number of nitrogens with two attached hydrogens (primary N) is 1. The van der Waals surface area contributed by atoms with Gasteiger partial charge in [-0.05, 0) is 6.07 Å². The number of hydrogen-bond acceptors (Lipinski definition) is 7. The Balaban J connectivity index is 1.80. The third-order valence-corrected chi connectivity index (χ3v) is 3.42. The molecule has 1 aliphatic rings. The number of hydrogen-bond donors (Lipinski definition) is 1. The SMILES string of the molecule is Nc1ncc(-c2ccnc(O[C@@H]3CCOC3)n2)s1. The number of rotatable bonds is 3. The minimum Gasteiger partial charge on any atom is -0.458 e. The zero-order valence-electron chi connectivity index (χ0n) is 9.57. The van der Waals surface area contributed by atoms with E-state index in [2.05, 4.69) is 15.0 Å². The van der Waals surface area contributed by atoms with Crippen LogP contribution in [0.3, 0.4) is 0 Å². The topological polar surface area (TPSA) is 83.2 Å². The lowest BCUT2D eigenvalue weighted by Gasteiger charge is -2.09. The van der Waals surface area contributed by atoms with Gasteiger partial charge in [0.25, 0.3) is 0 Å². The Morgan fingerprint density at radius 2 is 2.39 bits per heavy atom. The molecule has 0 bridgehead atoms. The molecule has 0 aromatic carbocycles. The predicted octanol–water partition coefficient (Wildman–Crippen LogP) is 1.35. The first-order valence-corrected chi connectivity index (χ1v) is 6.42. The molecule has 0 saturated carbocycles. The molecule has 0 spiro atoms. The van der Waals surface area contributed by atoms with E-state index < -0.39 is 0 Å². The molecule has 2 N–H and O–H groups in total. The number of nitrogen functional groups attached to an aromatic ring is 1. The molecule has 2 aromatic heterocycles. The van der Waals surface area contributed by atoms with E-state index in [1.54, 1.807) is 12.4 Å². The van der Waals surface area contributed by atoms with Crippen LogP contribution in [-0.4, -0.2) is 34.3 Å². The molecule has 0 unspecified atom stereocenters. The first-order chi connectivity index (χ1) is 8.81. The molecular weight excluding hydrogens is 252 g/mol. The van der Waals surface area contributed by atoms with Crippen molar-refractivity contribution in [3.8, 4) is 16.6 Å². The van der Waals surface area contributed by atoms with Gasteiger partial charge in [-0.15, -0.1) is 0 Å². The molecular formula is C11H12N4O2S. The van der Waals surface area contributed by atoms with Gasteiger partial charge in [0.05, 0.1) is 23.8 Å². The lowest BCUT2D eigenvalue weighted by Crippen LogP contribution is -2.17. The van der Waals surface area contributed by atoms with E-state index in [-0.39, 0.29) is 6.10 Å². The van der Waals surface area contributed by atoms with Crippen LogP contribution < -0.4 is 10.5 Å². The Kier molecular flexibility index (Phi) is 3.07. The van der Waals surface area contributed by atoms with Crippen molar-refractivity contribution >= 4 is 16.5 Å². The molecule has 0 amide bonds. The molecule has 6 nitrogen and oxygen atoms in total. The Bertz CT molecular complexity index is 539. The second-order valence-corrected chi connectivity index (χ2v) is 4.95. The van der Waals surface area contributed by atoms with Gasteiger partial charge in [-0.3, -0.25) is 0 Å². The highest BCUT2D eigenvalue weighted by Gasteiger charge is 2.18. The number of aromatic nitrogens is 3. The summed E-state index contributed by atoms with van der Waals surface area (Å²) in [5.41, 5.74) is 6.37. The Morgan fingerprint density at radius 1 is 1.44 bits per heavy atom. The Labute approximate surface area is 108 Å². The van der Waals surface area contributed by atoms with Crippen molar-refractivity contribution in [2.75, 3.05) is 18.9 Å². The quantitative estimate of drug-likeness (QED) is 0.901. The summed E-state index contributed by atoms with van der Waals surface area (Å²) in [5.74, 6) is 0. The molecule has 7 heteroatoms. The Morgan fingerprint density at radius 3 is 3.11 bits per heavy atom. The van der Waals surface area contributed by atoms with E-state index in [1.165, 1.54) is 11.3 Å². The first kappa shape index (κ1) is 11.4. The first-order valence-electron chi connectivity index (χ1n) is 5.60. The van der Waals surface area contributed by atoms with Crippen molar-refractivity contribution in [1.29, 1.82) is 0 Å².